The van der Waals surface area contributed by atoms with Crippen molar-refractivity contribution in [2.45, 2.75) is 44.7 Å². The van der Waals surface area contributed by atoms with E-state index in [2.05, 4.69) is 16.9 Å². The number of likely N-dealkylation sites (tertiary alicyclic amines) is 1. The second-order valence-electron chi connectivity index (χ2n) is 5.29. The van der Waals surface area contributed by atoms with Crippen molar-refractivity contribution in [1.29, 1.82) is 0 Å². The Kier molecular flexibility index (Phi) is 3.43. The van der Waals surface area contributed by atoms with Crippen LogP contribution in [0.15, 0.2) is 12.3 Å². The van der Waals surface area contributed by atoms with Gasteiger partial charge >= 0.3 is 5.97 Å². The van der Waals surface area contributed by atoms with Crippen LogP contribution in [0.1, 0.15) is 44.8 Å². The SMILES string of the molecule is CC(c1ccnn1C)N1CCCCC1(C)C(=O)O. The lowest BCUT2D eigenvalue weighted by molar-refractivity contribution is -0.155. The lowest BCUT2D eigenvalue weighted by Crippen LogP contribution is -2.56. The summed E-state index contributed by atoms with van der Waals surface area (Å²) in [6.07, 6.45) is 4.51. The fraction of sp³-hybridized carbons (Fsp3) is 0.692. The molecule has 0 aliphatic carbocycles. The van der Waals surface area contributed by atoms with Crippen molar-refractivity contribution in [3.63, 3.8) is 0 Å². The number of carboxylic acid groups (broad SMARTS) is 1. The minimum atomic E-state index is -0.762. The van der Waals surface area contributed by atoms with Crippen LogP contribution in [0.2, 0.25) is 0 Å². The van der Waals surface area contributed by atoms with E-state index in [4.69, 9.17) is 0 Å². The van der Waals surface area contributed by atoms with Gasteiger partial charge in [0, 0.05) is 19.3 Å². The fourth-order valence-electron chi connectivity index (χ4n) is 2.95. The van der Waals surface area contributed by atoms with Gasteiger partial charge in [0.2, 0.25) is 0 Å². The number of rotatable bonds is 3. The zero-order valence-electron chi connectivity index (χ0n) is 11.3. The first kappa shape index (κ1) is 13.1. The molecule has 1 aliphatic heterocycles. The normalized spacial score (nSPS) is 27.1. The Labute approximate surface area is 107 Å². The highest BCUT2D eigenvalue weighted by molar-refractivity contribution is 5.78. The maximum atomic E-state index is 11.6. The maximum Gasteiger partial charge on any atom is 0.323 e. The first-order valence-corrected chi connectivity index (χ1v) is 6.45. The summed E-state index contributed by atoms with van der Waals surface area (Å²) in [7, 11) is 1.90. The summed E-state index contributed by atoms with van der Waals surface area (Å²) < 4.78 is 1.82. The second kappa shape index (κ2) is 4.72. The van der Waals surface area contributed by atoms with E-state index in [1.165, 1.54) is 0 Å². The molecule has 1 N–H and O–H groups in total. The molecule has 1 aliphatic rings. The Morgan fingerprint density at radius 2 is 2.28 bits per heavy atom. The van der Waals surface area contributed by atoms with Gasteiger partial charge in [-0.15, -0.1) is 0 Å². The van der Waals surface area contributed by atoms with Gasteiger partial charge in [-0.05, 0) is 45.7 Å². The van der Waals surface area contributed by atoms with E-state index < -0.39 is 11.5 Å². The molecular formula is C13H21N3O2. The van der Waals surface area contributed by atoms with Crippen LogP contribution in [-0.2, 0) is 11.8 Å². The lowest BCUT2D eigenvalue weighted by Gasteiger charge is -2.45. The fourth-order valence-corrected chi connectivity index (χ4v) is 2.95. The van der Waals surface area contributed by atoms with Gasteiger partial charge in [0.1, 0.15) is 5.54 Å². The lowest BCUT2D eigenvalue weighted by atomic mass is 9.86. The molecule has 100 valence electrons. The average molecular weight is 251 g/mol. The Bertz CT molecular complexity index is 443. The third-order valence-electron chi connectivity index (χ3n) is 4.16. The molecule has 0 bridgehead atoms. The predicted molar refractivity (Wildman–Crippen MR) is 68.2 cm³/mol. The largest absolute Gasteiger partial charge is 0.480 e. The van der Waals surface area contributed by atoms with Gasteiger partial charge < -0.3 is 5.11 Å². The van der Waals surface area contributed by atoms with Crippen LogP contribution in [-0.4, -0.2) is 37.8 Å². The number of hydrogen-bond acceptors (Lipinski definition) is 3. The Balaban J connectivity index is 2.30. The van der Waals surface area contributed by atoms with Crippen LogP contribution >= 0.6 is 0 Å². The molecule has 2 atom stereocenters. The van der Waals surface area contributed by atoms with E-state index in [0.29, 0.717) is 6.42 Å². The molecule has 2 unspecified atom stereocenters. The number of piperidine rings is 1. The van der Waals surface area contributed by atoms with Gasteiger partial charge in [0.25, 0.3) is 0 Å². The number of carbonyl (C=O) groups is 1. The van der Waals surface area contributed by atoms with Gasteiger partial charge in [0.15, 0.2) is 0 Å². The van der Waals surface area contributed by atoms with Crippen LogP contribution < -0.4 is 0 Å². The number of hydrogen-bond donors (Lipinski definition) is 1. The maximum absolute atomic E-state index is 11.6. The molecule has 1 saturated heterocycles. The molecular weight excluding hydrogens is 230 g/mol. The smallest absolute Gasteiger partial charge is 0.323 e. The van der Waals surface area contributed by atoms with Crippen LogP contribution in [0.25, 0.3) is 0 Å². The molecule has 0 radical (unpaired) electrons. The molecule has 1 aromatic heterocycles. The minimum absolute atomic E-state index is 0.0684. The zero-order valence-corrected chi connectivity index (χ0v) is 11.3. The first-order chi connectivity index (χ1) is 8.47. The van der Waals surface area contributed by atoms with Gasteiger partial charge in [0.05, 0.1) is 5.69 Å². The van der Waals surface area contributed by atoms with Crippen molar-refractivity contribution in [2.24, 2.45) is 7.05 Å². The number of aryl methyl sites for hydroxylation is 1. The summed E-state index contributed by atoms with van der Waals surface area (Å²) in [6.45, 7) is 4.72. The van der Waals surface area contributed by atoms with Gasteiger partial charge in [-0.25, -0.2) is 0 Å². The molecule has 0 aromatic carbocycles. The number of aliphatic carboxylic acids is 1. The number of nitrogens with zero attached hydrogens (tertiary/aromatic N) is 3. The molecule has 0 saturated carbocycles. The van der Waals surface area contributed by atoms with Gasteiger partial charge in [-0.2, -0.15) is 5.10 Å². The Hall–Kier alpha value is -1.36. The highest BCUT2D eigenvalue weighted by Crippen LogP contribution is 2.35. The summed E-state index contributed by atoms with van der Waals surface area (Å²) in [5.74, 6) is -0.726. The monoisotopic (exact) mass is 251 g/mol. The van der Waals surface area contributed by atoms with Gasteiger partial charge in [-0.3, -0.25) is 14.4 Å². The van der Waals surface area contributed by atoms with Crippen LogP contribution in [0, 0.1) is 0 Å². The summed E-state index contributed by atoms with van der Waals surface area (Å²) in [5.41, 5.74) is 0.298. The molecule has 1 fully saturated rings. The van der Waals surface area contributed by atoms with Crippen molar-refractivity contribution >= 4 is 5.97 Å². The summed E-state index contributed by atoms with van der Waals surface area (Å²) >= 11 is 0. The van der Waals surface area contributed by atoms with Crippen molar-refractivity contribution in [3.05, 3.63) is 18.0 Å². The quantitative estimate of drug-likeness (QED) is 0.890. The van der Waals surface area contributed by atoms with Crippen LogP contribution in [0.3, 0.4) is 0 Å². The molecule has 1 aromatic rings. The molecule has 18 heavy (non-hydrogen) atoms. The topological polar surface area (TPSA) is 58.4 Å². The zero-order chi connectivity index (χ0) is 13.3. The second-order valence-corrected chi connectivity index (χ2v) is 5.29. The summed E-state index contributed by atoms with van der Waals surface area (Å²) in [6, 6.07) is 2.03. The van der Waals surface area contributed by atoms with E-state index in [1.54, 1.807) is 6.20 Å². The Morgan fingerprint density at radius 3 is 2.83 bits per heavy atom. The minimum Gasteiger partial charge on any atom is -0.480 e. The van der Waals surface area contributed by atoms with E-state index in [-0.39, 0.29) is 6.04 Å². The summed E-state index contributed by atoms with van der Waals surface area (Å²) in [5, 5.41) is 13.7. The van der Waals surface area contributed by atoms with E-state index in [1.807, 2.05) is 24.7 Å². The average Bonchev–Trinajstić information content (AvgIpc) is 2.75. The summed E-state index contributed by atoms with van der Waals surface area (Å²) in [4.78, 5) is 13.7. The van der Waals surface area contributed by atoms with E-state index in [9.17, 15) is 9.90 Å². The first-order valence-electron chi connectivity index (χ1n) is 6.45. The number of carboxylic acids is 1. The molecule has 2 heterocycles. The molecule has 5 nitrogen and oxygen atoms in total. The Morgan fingerprint density at radius 1 is 1.56 bits per heavy atom. The van der Waals surface area contributed by atoms with Crippen LogP contribution in [0.4, 0.5) is 0 Å². The standard InChI is InChI=1S/C13H21N3O2/c1-10(11-6-8-14-15(11)3)16-9-5-4-7-13(16,2)12(17)18/h6,8,10H,4-5,7,9H2,1-3H3,(H,17,18). The predicted octanol–water partition coefficient (Wildman–Crippen LogP) is 1.81. The van der Waals surface area contributed by atoms with E-state index in [0.717, 1.165) is 25.1 Å². The third kappa shape index (κ3) is 2.03. The van der Waals surface area contributed by atoms with Gasteiger partial charge in [-0.1, -0.05) is 0 Å². The highest BCUT2D eigenvalue weighted by Gasteiger charge is 2.44. The van der Waals surface area contributed by atoms with Crippen molar-refractivity contribution in [3.8, 4) is 0 Å². The number of aromatic nitrogens is 2. The molecule has 0 spiro atoms. The van der Waals surface area contributed by atoms with Crippen molar-refractivity contribution in [1.82, 2.24) is 14.7 Å². The molecule has 2 rings (SSSR count). The molecule has 0 amide bonds. The highest BCUT2D eigenvalue weighted by atomic mass is 16.4. The van der Waals surface area contributed by atoms with Crippen molar-refractivity contribution in [2.75, 3.05) is 6.54 Å². The van der Waals surface area contributed by atoms with Crippen LogP contribution in [0.5, 0.6) is 0 Å². The molecule has 5 heteroatoms. The van der Waals surface area contributed by atoms with Crippen molar-refractivity contribution < 1.29 is 9.90 Å². The van der Waals surface area contributed by atoms with E-state index >= 15 is 0 Å². The third-order valence-corrected chi connectivity index (χ3v) is 4.16.